The highest BCUT2D eigenvalue weighted by Crippen LogP contribution is 2.22. The lowest BCUT2D eigenvalue weighted by Gasteiger charge is -2.20. The van der Waals surface area contributed by atoms with Crippen LogP contribution >= 0.6 is 11.6 Å². The van der Waals surface area contributed by atoms with Crippen LogP contribution in [0.5, 0.6) is 0 Å². The molecule has 1 atom stereocenters. The van der Waals surface area contributed by atoms with Gasteiger partial charge in [0, 0.05) is 24.3 Å². The van der Waals surface area contributed by atoms with Crippen molar-refractivity contribution in [3.05, 3.63) is 64.7 Å². The lowest BCUT2D eigenvalue weighted by molar-refractivity contribution is 0.199. The van der Waals surface area contributed by atoms with Crippen LogP contribution in [0.2, 0.25) is 5.02 Å². The summed E-state index contributed by atoms with van der Waals surface area (Å²) in [5.41, 5.74) is 3.13. The smallest absolute Gasteiger partial charge is 0.0761 e. The van der Waals surface area contributed by atoms with Gasteiger partial charge >= 0.3 is 0 Å². The van der Waals surface area contributed by atoms with E-state index in [0.717, 1.165) is 28.4 Å². The first-order chi connectivity index (χ1) is 9.08. The van der Waals surface area contributed by atoms with Crippen molar-refractivity contribution in [3.8, 4) is 0 Å². The van der Waals surface area contributed by atoms with Crippen molar-refractivity contribution in [2.24, 2.45) is 0 Å². The molecule has 100 valence electrons. The Hall–Kier alpha value is -1.51. The van der Waals surface area contributed by atoms with Crippen LogP contribution in [0, 0.1) is 0 Å². The average molecular weight is 276 g/mol. The number of hydrogen-bond acceptors (Lipinski definition) is 2. The van der Waals surface area contributed by atoms with Crippen molar-refractivity contribution in [2.45, 2.75) is 19.6 Å². The quantitative estimate of drug-likeness (QED) is 0.911. The van der Waals surface area contributed by atoms with Crippen molar-refractivity contribution in [1.82, 2.24) is 0 Å². The third-order valence-electron chi connectivity index (χ3n) is 3.18. The minimum Gasteiger partial charge on any atom is -0.389 e. The van der Waals surface area contributed by atoms with Crippen molar-refractivity contribution in [3.63, 3.8) is 0 Å². The second-order valence-corrected chi connectivity index (χ2v) is 5.12. The Kier molecular flexibility index (Phi) is 4.46. The summed E-state index contributed by atoms with van der Waals surface area (Å²) in [6.07, 6.45) is -0.428. The summed E-state index contributed by atoms with van der Waals surface area (Å²) in [6.45, 7) is 2.52. The number of hydrogen-bond donors (Lipinski definition) is 1. The van der Waals surface area contributed by atoms with E-state index in [1.807, 2.05) is 55.6 Å². The Morgan fingerprint density at radius 2 is 1.74 bits per heavy atom. The van der Waals surface area contributed by atoms with E-state index in [9.17, 15) is 5.11 Å². The molecular weight excluding hydrogens is 258 g/mol. The average Bonchev–Trinajstić information content (AvgIpc) is 2.41. The lowest BCUT2D eigenvalue weighted by atomic mass is 10.1. The van der Waals surface area contributed by atoms with Gasteiger partial charge in [0.2, 0.25) is 0 Å². The molecule has 0 bridgehead atoms. The number of anilines is 1. The number of nitrogens with zero attached hydrogens (tertiary/aromatic N) is 1. The highest BCUT2D eigenvalue weighted by atomic mass is 35.5. The minimum atomic E-state index is -0.428. The molecule has 0 radical (unpaired) electrons. The van der Waals surface area contributed by atoms with Gasteiger partial charge in [0.25, 0.3) is 0 Å². The highest BCUT2D eigenvalue weighted by molar-refractivity contribution is 6.31. The number of rotatable bonds is 4. The minimum absolute atomic E-state index is 0.428. The monoisotopic (exact) mass is 275 g/mol. The molecule has 2 nitrogen and oxygen atoms in total. The van der Waals surface area contributed by atoms with Gasteiger partial charge in [0.05, 0.1) is 6.10 Å². The SMILES string of the molecule is C[C@@H](O)c1ccc(N(C)Cc2ccccc2Cl)cc1. The number of halogens is 1. The molecule has 0 heterocycles. The van der Waals surface area contributed by atoms with E-state index in [-0.39, 0.29) is 0 Å². The molecule has 0 unspecified atom stereocenters. The predicted octanol–water partition coefficient (Wildman–Crippen LogP) is 4.03. The van der Waals surface area contributed by atoms with Crippen LogP contribution in [0.3, 0.4) is 0 Å². The lowest BCUT2D eigenvalue weighted by Crippen LogP contribution is -2.16. The maximum Gasteiger partial charge on any atom is 0.0761 e. The van der Waals surface area contributed by atoms with Crippen molar-refractivity contribution < 1.29 is 5.11 Å². The molecule has 0 spiro atoms. The van der Waals surface area contributed by atoms with Gasteiger partial charge < -0.3 is 10.0 Å². The second-order valence-electron chi connectivity index (χ2n) is 4.71. The van der Waals surface area contributed by atoms with Crippen LogP contribution in [0.15, 0.2) is 48.5 Å². The van der Waals surface area contributed by atoms with Gasteiger partial charge in [-0.05, 0) is 36.2 Å². The van der Waals surface area contributed by atoms with Gasteiger partial charge in [-0.15, -0.1) is 0 Å². The van der Waals surface area contributed by atoms with Gasteiger partial charge in [-0.1, -0.05) is 41.9 Å². The topological polar surface area (TPSA) is 23.5 Å². The maximum absolute atomic E-state index is 9.49. The molecule has 0 aliphatic heterocycles. The normalized spacial score (nSPS) is 12.2. The van der Waals surface area contributed by atoms with Crippen LogP contribution in [-0.4, -0.2) is 12.2 Å². The van der Waals surface area contributed by atoms with Gasteiger partial charge in [-0.3, -0.25) is 0 Å². The van der Waals surface area contributed by atoms with E-state index < -0.39 is 6.10 Å². The molecular formula is C16H18ClNO. The maximum atomic E-state index is 9.49. The van der Waals surface area contributed by atoms with Gasteiger partial charge in [-0.2, -0.15) is 0 Å². The first-order valence-electron chi connectivity index (χ1n) is 6.30. The number of benzene rings is 2. The van der Waals surface area contributed by atoms with E-state index in [1.54, 1.807) is 6.92 Å². The summed E-state index contributed by atoms with van der Waals surface area (Å²) in [6, 6.07) is 15.8. The summed E-state index contributed by atoms with van der Waals surface area (Å²) < 4.78 is 0. The standard InChI is InChI=1S/C16H18ClNO/c1-12(19)13-7-9-15(10-8-13)18(2)11-14-5-3-4-6-16(14)17/h3-10,12,19H,11H2,1-2H3/t12-/m1/s1. The third kappa shape index (κ3) is 3.49. The molecule has 0 amide bonds. The first kappa shape index (κ1) is 13.9. The van der Waals surface area contributed by atoms with E-state index in [1.165, 1.54) is 0 Å². The fourth-order valence-electron chi connectivity index (χ4n) is 1.98. The highest BCUT2D eigenvalue weighted by Gasteiger charge is 2.06. The summed E-state index contributed by atoms with van der Waals surface area (Å²) in [5.74, 6) is 0. The van der Waals surface area contributed by atoms with Gasteiger partial charge in [0.1, 0.15) is 0 Å². The largest absolute Gasteiger partial charge is 0.389 e. The molecule has 0 aromatic heterocycles. The summed E-state index contributed by atoms with van der Waals surface area (Å²) in [4.78, 5) is 2.13. The van der Waals surface area contributed by atoms with E-state index in [0.29, 0.717) is 0 Å². The van der Waals surface area contributed by atoms with Crippen LogP contribution in [0.4, 0.5) is 5.69 Å². The Morgan fingerprint density at radius 1 is 1.11 bits per heavy atom. The van der Waals surface area contributed by atoms with Crippen LogP contribution in [0.25, 0.3) is 0 Å². The molecule has 2 aromatic rings. The van der Waals surface area contributed by atoms with Crippen LogP contribution in [0.1, 0.15) is 24.2 Å². The zero-order chi connectivity index (χ0) is 13.8. The molecule has 0 saturated carbocycles. The summed E-state index contributed by atoms with van der Waals surface area (Å²) in [7, 11) is 2.03. The fraction of sp³-hybridized carbons (Fsp3) is 0.250. The van der Waals surface area contributed by atoms with Crippen LogP contribution < -0.4 is 4.90 Å². The molecule has 0 aliphatic rings. The van der Waals surface area contributed by atoms with Crippen LogP contribution in [-0.2, 0) is 6.54 Å². The Balaban J connectivity index is 2.12. The molecule has 1 N–H and O–H groups in total. The van der Waals surface area contributed by atoms with Gasteiger partial charge in [0.15, 0.2) is 0 Å². The second kappa shape index (κ2) is 6.09. The molecule has 0 aliphatic carbocycles. The van der Waals surface area contributed by atoms with E-state index >= 15 is 0 Å². The zero-order valence-corrected chi connectivity index (χ0v) is 11.9. The third-order valence-corrected chi connectivity index (χ3v) is 3.55. The van der Waals surface area contributed by atoms with Crippen molar-refractivity contribution in [2.75, 3.05) is 11.9 Å². The molecule has 0 saturated heterocycles. The summed E-state index contributed by atoms with van der Waals surface area (Å²) >= 11 is 6.16. The Labute approximate surface area is 119 Å². The Morgan fingerprint density at radius 3 is 2.32 bits per heavy atom. The van der Waals surface area contributed by atoms with E-state index in [4.69, 9.17) is 11.6 Å². The molecule has 19 heavy (non-hydrogen) atoms. The first-order valence-corrected chi connectivity index (χ1v) is 6.68. The number of aliphatic hydroxyl groups excluding tert-OH is 1. The zero-order valence-electron chi connectivity index (χ0n) is 11.2. The molecule has 2 rings (SSSR count). The molecule has 2 aromatic carbocycles. The Bertz CT molecular complexity index is 537. The van der Waals surface area contributed by atoms with E-state index in [2.05, 4.69) is 4.90 Å². The fourth-order valence-corrected chi connectivity index (χ4v) is 2.18. The predicted molar refractivity (Wildman–Crippen MR) is 80.6 cm³/mol. The number of aliphatic hydroxyl groups is 1. The van der Waals surface area contributed by atoms with Gasteiger partial charge in [-0.25, -0.2) is 0 Å². The molecule has 0 fully saturated rings. The molecule has 3 heteroatoms. The van der Waals surface area contributed by atoms with Crippen molar-refractivity contribution >= 4 is 17.3 Å². The van der Waals surface area contributed by atoms with Crippen molar-refractivity contribution in [1.29, 1.82) is 0 Å². The summed E-state index contributed by atoms with van der Waals surface area (Å²) in [5, 5.41) is 10.3.